The average molecular weight is 359 g/mol. The lowest BCUT2D eigenvalue weighted by molar-refractivity contribution is 0.344. The Labute approximate surface area is 143 Å². The third-order valence-corrected chi connectivity index (χ3v) is 4.80. The molecule has 0 saturated heterocycles. The molecule has 0 saturated carbocycles. The van der Waals surface area contributed by atoms with Gasteiger partial charge in [0.05, 0.1) is 11.5 Å². The average Bonchev–Trinajstić information content (AvgIpc) is 2.52. The molecule has 2 rings (SSSR count). The fraction of sp³-hybridized carbons (Fsp3) is 0.375. The second-order valence-corrected chi connectivity index (χ2v) is 6.53. The summed E-state index contributed by atoms with van der Waals surface area (Å²) >= 11 is 0. The molecule has 128 valence electrons. The molecule has 0 aliphatic carbocycles. The van der Waals surface area contributed by atoms with E-state index in [1.54, 1.807) is 18.2 Å². The molecular formula is C16H23ClN2O3S. The Morgan fingerprint density at radius 1 is 1.00 bits per heavy atom. The Balaban J connectivity index is 0.00000264. The van der Waals surface area contributed by atoms with Crippen molar-refractivity contribution >= 4 is 33.2 Å². The summed E-state index contributed by atoms with van der Waals surface area (Å²) in [5.74, 6) is 0.699. The smallest absolute Gasteiger partial charge is 0.241 e. The molecule has 0 aromatic heterocycles. The van der Waals surface area contributed by atoms with Crippen molar-refractivity contribution in [1.29, 1.82) is 0 Å². The molecule has 5 nitrogen and oxygen atoms in total. The van der Waals surface area contributed by atoms with Crippen LogP contribution in [0.15, 0.2) is 41.3 Å². The highest BCUT2D eigenvalue weighted by molar-refractivity contribution is 7.89. The van der Waals surface area contributed by atoms with Gasteiger partial charge < -0.3 is 10.1 Å². The van der Waals surface area contributed by atoms with E-state index >= 15 is 0 Å². The first-order chi connectivity index (χ1) is 10.6. The molecule has 0 aliphatic heterocycles. The molecule has 0 aliphatic rings. The predicted molar refractivity (Wildman–Crippen MR) is 96.1 cm³/mol. The van der Waals surface area contributed by atoms with E-state index in [2.05, 4.69) is 10.0 Å². The highest BCUT2D eigenvalue weighted by Gasteiger charge is 2.18. The summed E-state index contributed by atoms with van der Waals surface area (Å²) in [6.45, 7) is 6.20. The van der Waals surface area contributed by atoms with E-state index in [1.165, 1.54) is 0 Å². The maximum atomic E-state index is 12.5. The highest BCUT2D eigenvalue weighted by atomic mass is 35.5. The molecule has 0 spiro atoms. The van der Waals surface area contributed by atoms with Crippen molar-refractivity contribution in [3.63, 3.8) is 0 Å². The molecule has 2 N–H and O–H groups in total. The van der Waals surface area contributed by atoms with Crippen LogP contribution >= 0.6 is 12.4 Å². The summed E-state index contributed by atoms with van der Waals surface area (Å²) < 4.78 is 33.2. The van der Waals surface area contributed by atoms with Gasteiger partial charge in [-0.3, -0.25) is 0 Å². The normalized spacial score (nSPS) is 11.2. The fourth-order valence-electron chi connectivity index (χ4n) is 2.29. The van der Waals surface area contributed by atoms with Crippen LogP contribution in [-0.2, 0) is 10.0 Å². The summed E-state index contributed by atoms with van der Waals surface area (Å²) in [6, 6.07) is 10.7. The van der Waals surface area contributed by atoms with Gasteiger partial charge in [0.1, 0.15) is 5.75 Å². The van der Waals surface area contributed by atoms with Crippen molar-refractivity contribution in [2.24, 2.45) is 0 Å². The Morgan fingerprint density at radius 2 is 1.70 bits per heavy atom. The van der Waals surface area contributed by atoms with Gasteiger partial charge in [-0.1, -0.05) is 31.2 Å². The van der Waals surface area contributed by atoms with E-state index in [9.17, 15) is 8.42 Å². The van der Waals surface area contributed by atoms with E-state index in [0.717, 1.165) is 11.9 Å². The third kappa shape index (κ3) is 4.81. The zero-order valence-corrected chi connectivity index (χ0v) is 15.0. The van der Waals surface area contributed by atoms with Crippen LogP contribution < -0.4 is 14.8 Å². The molecule has 0 fully saturated rings. The van der Waals surface area contributed by atoms with Gasteiger partial charge in [-0.2, -0.15) is 0 Å². The van der Waals surface area contributed by atoms with Crippen molar-refractivity contribution < 1.29 is 13.2 Å². The van der Waals surface area contributed by atoms with Gasteiger partial charge in [0, 0.05) is 23.9 Å². The molecule has 0 heterocycles. The molecule has 0 atom stereocenters. The minimum absolute atomic E-state index is 0. The number of likely N-dealkylation sites (N-methyl/N-ethyl adjacent to an activating group) is 1. The zero-order chi connectivity index (χ0) is 16.0. The Morgan fingerprint density at radius 3 is 2.35 bits per heavy atom. The van der Waals surface area contributed by atoms with Gasteiger partial charge in [0.15, 0.2) is 0 Å². The Bertz CT molecular complexity index is 735. The topological polar surface area (TPSA) is 67.4 Å². The summed E-state index contributed by atoms with van der Waals surface area (Å²) in [4.78, 5) is 0.281. The predicted octanol–water partition coefficient (Wildman–Crippen LogP) is 2.55. The van der Waals surface area contributed by atoms with Crippen LogP contribution in [0.4, 0.5) is 0 Å². The van der Waals surface area contributed by atoms with Crippen LogP contribution in [0.1, 0.15) is 13.8 Å². The van der Waals surface area contributed by atoms with Crippen LogP contribution in [0.2, 0.25) is 0 Å². The molecule has 0 radical (unpaired) electrons. The molecule has 2 aromatic carbocycles. The third-order valence-electron chi connectivity index (χ3n) is 3.28. The van der Waals surface area contributed by atoms with Crippen molar-refractivity contribution in [3.05, 3.63) is 36.4 Å². The van der Waals surface area contributed by atoms with E-state index in [-0.39, 0.29) is 17.3 Å². The molecule has 0 bridgehead atoms. The van der Waals surface area contributed by atoms with Crippen molar-refractivity contribution in [1.82, 2.24) is 10.0 Å². The van der Waals surface area contributed by atoms with Crippen LogP contribution in [-0.4, -0.2) is 34.7 Å². The van der Waals surface area contributed by atoms with E-state index < -0.39 is 10.0 Å². The number of ether oxygens (including phenoxy) is 1. The first kappa shape index (κ1) is 19.7. The van der Waals surface area contributed by atoms with E-state index in [4.69, 9.17) is 4.74 Å². The Hall–Kier alpha value is -1.34. The fourth-order valence-corrected chi connectivity index (χ4v) is 3.53. The second kappa shape index (κ2) is 9.08. The highest BCUT2D eigenvalue weighted by Crippen LogP contribution is 2.30. The number of halogens is 1. The molecule has 7 heteroatoms. The maximum Gasteiger partial charge on any atom is 0.241 e. The van der Waals surface area contributed by atoms with Crippen LogP contribution in [0.5, 0.6) is 5.75 Å². The van der Waals surface area contributed by atoms with Gasteiger partial charge in [-0.05, 0) is 25.6 Å². The molecular weight excluding hydrogens is 336 g/mol. The first-order valence-corrected chi connectivity index (χ1v) is 8.93. The number of hydrogen-bond acceptors (Lipinski definition) is 4. The Kier molecular flexibility index (Phi) is 7.78. The van der Waals surface area contributed by atoms with Crippen molar-refractivity contribution in [2.45, 2.75) is 18.7 Å². The monoisotopic (exact) mass is 358 g/mol. The van der Waals surface area contributed by atoms with E-state index in [1.807, 2.05) is 32.0 Å². The van der Waals surface area contributed by atoms with Crippen LogP contribution in [0.25, 0.3) is 10.8 Å². The van der Waals surface area contributed by atoms with Crippen molar-refractivity contribution in [3.8, 4) is 5.75 Å². The van der Waals surface area contributed by atoms with Crippen molar-refractivity contribution in [2.75, 3.05) is 26.2 Å². The van der Waals surface area contributed by atoms with Gasteiger partial charge in [0.2, 0.25) is 10.0 Å². The quantitative estimate of drug-likeness (QED) is 0.712. The minimum Gasteiger partial charge on any atom is -0.493 e. The number of hydrogen-bond donors (Lipinski definition) is 2. The van der Waals surface area contributed by atoms with Gasteiger partial charge in [-0.15, -0.1) is 12.4 Å². The summed E-state index contributed by atoms with van der Waals surface area (Å²) in [7, 11) is -3.54. The second-order valence-electron chi connectivity index (χ2n) is 4.79. The zero-order valence-electron chi connectivity index (χ0n) is 13.3. The molecule has 2 aromatic rings. The van der Waals surface area contributed by atoms with Crippen LogP contribution in [0, 0.1) is 0 Å². The number of benzene rings is 2. The summed E-state index contributed by atoms with van der Waals surface area (Å²) in [6.07, 6.45) is 0. The van der Waals surface area contributed by atoms with Crippen LogP contribution in [0.3, 0.4) is 0 Å². The standard InChI is InChI=1S/C16H22N2O3S.ClH/c1-3-17-11-12-18-22(19,20)16-10-9-15(21-4-2)13-7-5-6-8-14(13)16;/h5-10,17-18H,3-4,11-12H2,1-2H3;1H. The molecule has 0 amide bonds. The lowest BCUT2D eigenvalue weighted by atomic mass is 10.1. The number of sulfonamides is 1. The molecule has 0 unspecified atom stereocenters. The largest absolute Gasteiger partial charge is 0.493 e. The van der Waals surface area contributed by atoms with Gasteiger partial charge >= 0.3 is 0 Å². The minimum atomic E-state index is -3.54. The molecule has 23 heavy (non-hydrogen) atoms. The lowest BCUT2D eigenvalue weighted by Crippen LogP contribution is -2.31. The first-order valence-electron chi connectivity index (χ1n) is 7.45. The number of fused-ring (bicyclic) bond motifs is 1. The lowest BCUT2D eigenvalue weighted by Gasteiger charge is -2.13. The van der Waals surface area contributed by atoms with E-state index in [0.29, 0.717) is 30.8 Å². The summed E-state index contributed by atoms with van der Waals surface area (Å²) in [5.41, 5.74) is 0. The van der Waals surface area contributed by atoms with Gasteiger partial charge in [-0.25, -0.2) is 13.1 Å². The maximum absolute atomic E-state index is 12.5. The number of rotatable bonds is 8. The summed E-state index contributed by atoms with van der Waals surface area (Å²) in [5, 5.41) is 4.56. The van der Waals surface area contributed by atoms with Gasteiger partial charge in [0.25, 0.3) is 0 Å². The SMILES string of the molecule is CCNCCNS(=O)(=O)c1ccc(OCC)c2ccccc12.Cl. The number of nitrogens with one attached hydrogen (secondary N) is 2.